The lowest BCUT2D eigenvalue weighted by atomic mass is 10.1. The summed E-state index contributed by atoms with van der Waals surface area (Å²) in [7, 11) is 0. The molecule has 1 aromatic carbocycles. The lowest BCUT2D eigenvalue weighted by Crippen LogP contribution is -2.11. The van der Waals surface area contributed by atoms with E-state index in [0.29, 0.717) is 19.4 Å². The number of carbonyl (C=O) groups is 2. The third-order valence-electron chi connectivity index (χ3n) is 2.48. The molecular weight excluding hydrogens is 258 g/mol. The molecule has 0 atom stereocenters. The minimum atomic E-state index is -1.52. The molecule has 104 valence electrons. The van der Waals surface area contributed by atoms with Gasteiger partial charge in [-0.1, -0.05) is 0 Å². The zero-order valence-electron chi connectivity index (χ0n) is 10.1. The lowest BCUT2D eigenvalue weighted by molar-refractivity contribution is -0.118. The molecule has 0 spiro atoms. The number of hydrogen-bond donors (Lipinski definition) is 3. The van der Waals surface area contributed by atoms with Crippen LogP contribution in [0.2, 0.25) is 0 Å². The summed E-state index contributed by atoms with van der Waals surface area (Å²) in [5, 5.41) is 11.2. The van der Waals surface area contributed by atoms with E-state index in [0.717, 1.165) is 12.1 Å². The first kappa shape index (κ1) is 14.9. The average Bonchev–Trinajstić information content (AvgIpc) is 2.33. The van der Waals surface area contributed by atoms with Crippen LogP contribution in [0.5, 0.6) is 0 Å². The van der Waals surface area contributed by atoms with Crippen LogP contribution in [-0.2, 0) is 4.79 Å². The van der Waals surface area contributed by atoms with Gasteiger partial charge in [0.2, 0.25) is 5.91 Å². The molecule has 1 amide bonds. The largest absolute Gasteiger partial charge is 0.478 e. The minimum absolute atomic E-state index is 0.110. The Morgan fingerprint density at radius 1 is 1.21 bits per heavy atom. The van der Waals surface area contributed by atoms with Gasteiger partial charge in [0.15, 0.2) is 11.6 Å². The van der Waals surface area contributed by atoms with E-state index in [4.69, 9.17) is 10.8 Å². The van der Waals surface area contributed by atoms with Gasteiger partial charge >= 0.3 is 5.97 Å². The number of primary amides is 1. The maximum atomic E-state index is 13.5. The normalized spacial score (nSPS) is 10.2. The topological polar surface area (TPSA) is 92.4 Å². The van der Waals surface area contributed by atoms with Crippen LogP contribution in [0.15, 0.2) is 12.1 Å². The molecule has 1 rings (SSSR count). The van der Waals surface area contributed by atoms with Gasteiger partial charge in [-0.3, -0.25) is 4.79 Å². The number of amides is 1. The first-order valence-corrected chi connectivity index (χ1v) is 5.67. The molecule has 5 nitrogen and oxygen atoms in total. The van der Waals surface area contributed by atoms with E-state index in [1.807, 2.05) is 0 Å². The average molecular weight is 272 g/mol. The van der Waals surface area contributed by atoms with E-state index in [2.05, 4.69) is 5.32 Å². The summed E-state index contributed by atoms with van der Waals surface area (Å²) in [5.74, 6) is -4.56. The molecule has 0 aliphatic rings. The van der Waals surface area contributed by atoms with Gasteiger partial charge in [-0.15, -0.1) is 0 Å². The Kier molecular flexibility index (Phi) is 5.23. The van der Waals surface area contributed by atoms with Crippen LogP contribution >= 0.6 is 0 Å². The number of unbranched alkanes of at least 4 members (excludes halogenated alkanes) is 1. The van der Waals surface area contributed by atoms with Crippen LogP contribution in [0.1, 0.15) is 29.6 Å². The molecule has 7 heteroatoms. The highest BCUT2D eigenvalue weighted by Crippen LogP contribution is 2.20. The number of hydrogen-bond acceptors (Lipinski definition) is 3. The Bertz CT molecular complexity index is 492. The van der Waals surface area contributed by atoms with Gasteiger partial charge in [0.1, 0.15) is 0 Å². The molecule has 0 heterocycles. The van der Waals surface area contributed by atoms with Crippen LogP contribution in [0, 0.1) is 11.6 Å². The molecule has 0 saturated carbocycles. The smallest absolute Gasteiger partial charge is 0.338 e. The number of nitrogens with two attached hydrogens (primary N) is 1. The fourth-order valence-electron chi connectivity index (χ4n) is 1.50. The second-order valence-corrected chi connectivity index (χ2v) is 3.94. The number of carbonyl (C=O) groups excluding carboxylic acids is 1. The third kappa shape index (κ3) is 4.20. The first-order valence-electron chi connectivity index (χ1n) is 5.67. The maximum absolute atomic E-state index is 13.5. The highest BCUT2D eigenvalue weighted by atomic mass is 19.2. The Morgan fingerprint density at radius 2 is 1.89 bits per heavy atom. The van der Waals surface area contributed by atoms with Crippen molar-refractivity contribution in [1.29, 1.82) is 0 Å². The number of benzene rings is 1. The molecule has 0 saturated heterocycles. The van der Waals surface area contributed by atoms with Crippen molar-refractivity contribution in [2.24, 2.45) is 5.73 Å². The van der Waals surface area contributed by atoms with Crippen LogP contribution in [0.3, 0.4) is 0 Å². The zero-order valence-corrected chi connectivity index (χ0v) is 10.1. The molecule has 0 fully saturated rings. The molecule has 0 aliphatic heterocycles. The highest BCUT2D eigenvalue weighted by Gasteiger charge is 2.17. The van der Waals surface area contributed by atoms with Crippen molar-refractivity contribution >= 4 is 17.6 Å². The summed E-state index contributed by atoms with van der Waals surface area (Å²) < 4.78 is 26.8. The molecule has 19 heavy (non-hydrogen) atoms. The lowest BCUT2D eigenvalue weighted by Gasteiger charge is -2.08. The summed E-state index contributed by atoms with van der Waals surface area (Å²) in [5.41, 5.74) is 4.13. The number of nitrogens with one attached hydrogen (secondary N) is 1. The minimum Gasteiger partial charge on any atom is -0.478 e. The fraction of sp³-hybridized carbons (Fsp3) is 0.333. The Hall–Kier alpha value is -2.18. The maximum Gasteiger partial charge on any atom is 0.338 e. The van der Waals surface area contributed by atoms with E-state index in [9.17, 15) is 18.4 Å². The van der Waals surface area contributed by atoms with Crippen molar-refractivity contribution in [3.63, 3.8) is 0 Å². The molecule has 0 aliphatic carbocycles. The number of anilines is 1. The van der Waals surface area contributed by atoms with Crippen LogP contribution in [-0.4, -0.2) is 23.5 Å². The second kappa shape index (κ2) is 6.67. The van der Waals surface area contributed by atoms with Crippen LogP contribution in [0.4, 0.5) is 14.5 Å². The molecule has 1 aromatic rings. The Balaban J connectivity index is 2.58. The number of halogens is 2. The van der Waals surface area contributed by atoms with Crippen molar-refractivity contribution < 1.29 is 23.5 Å². The first-order chi connectivity index (χ1) is 8.93. The molecule has 0 bridgehead atoms. The summed E-state index contributed by atoms with van der Waals surface area (Å²) in [6.07, 6.45) is 1.33. The Labute approximate surface area is 108 Å². The number of carboxylic acids is 1. The number of carboxylic acid groups (broad SMARTS) is 1. The van der Waals surface area contributed by atoms with Gasteiger partial charge in [0, 0.05) is 13.0 Å². The SMILES string of the molecule is NC(=O)CCCCNc1ccc(C(=O)O)c(F)c1F. The highest BCUT2D eigenvalue weighted by molar-refractivity contribution is 5.88. The Morgan fingerprint density at radius 3 is 2.47 bits per heavy atom. The van der Waals surface area contributed by atoms with E-state index >= 15 is 0 Å². The molecular formula is C12H14F2N2O3. The van der Waals surface area contributed by atoms with Crippen molar-refractivity contribution in [2.75, 3.05) is 11.9 Å². The standard InChI is InChI=1S/C12H14F2N2O3/c13-10-7(12(18)19)4-5-8(11(10)14)16-6-2-1-3-9(15)17/h4-5,16H,1-3,6H2,(H2,15,17)(H,18,19). The van der Waals surface area contributed by atoms with Crippen LogP contribution in [0.25, 0.3) is 0 Å². The molecule has 4 N–H and O–H groups in total. The van der Waals surface area contributed by atoms with E-state index in [-0.39, 0.29) is 12.1 Å². The second-order valence-electron chi connectivity index (χ2n) is 3.94. The summed E-state index contributed by atoms with van der Waals surface area (Å²) in [6.45, 7) is 0.329. The monoisotopic (exact) mass is 272 g/mol. The van der Waals surface area contributed by atoms with Gasteiger partial charge < -0.3 is 16.2 Å². The van der Waals surface area contributed by atoms with Crippen molar-refractivity contribution in [2.45, 2.75) is 19.3 Å². The van der Waals surface area contributed by atoms with E-state index < -0.39 is 29.1 Å². The van der Waals surface area contributed by atoms with Gasteiger partial charge in [-0.25, -0.2) is 13.6 Å². The summed E-state index contributed by atoms with van der Waals surface area (Å²) in [4.78, 5) is 21.0. The molecule has 0 unspecified atom stereocenters. The predicted molar refractivity (Wildman–Crippen MR) is 64.9 cm³/mol. The number of aromatic carboxylic acids is 1. The van der Waals surface area contributed by atoms with Gasteiger partial charge in [-0.2, -0.15) is 0 Å². The van der Waals surface area contributed by atoms with E-state index in [1.165, 1.54) is 0 Å². The van der Waals surface area contributed by atoms with Crippen molar-refractivity contribution in [3.8, 4) is 0 Å². The van der Waals surface area contributed by atoms with E-state index in [1.54, 1.807) is 0 Å². The van der Waals surface area contributed by atoms with Crippen LogP contribution < -0.4 is 11.1 Å². The summed E-state index contributed by atoms with van der Waals surface area (Å²) >= 11 is 0. The zero-order chi connectivity index (χ0) is 14.4. The fourth-order valence-corrected chi connectivity index (χ4v) is 1.50. The molecule has 0 radical (unpaired) electrons. The van der Waals surface area contributed by atoms with Crippen molar-refractivity contribution in [3.05, 3.63) is 29.3 Å². The van der Waals surface area contributed by atoms with Gasteiger partial charge in [0.25, 0.3) is 0 Å². The third-order valence-corrected chi connectivity index (χ3v) is 2.48. The van der Waals surface area contributed by atoms with Crippen molar-refractivity contribution in [1.82, 2.24) is 0 Å². The molecule has 0 aromatic heterocycles. The summed E-state index contributed by atoms with van der Waals surface area (Å²) in [6, 6.07) is 2.16. The quantitative estimate of drug-likeness (QED) is 0.659. The van der Waals surface area contributed by atoms with Gasteiger partial charge in [-0.05, 0) is 25.0 Å². The number of rotatable bonds is 7. The van der Waals surface area contributed by atoms with Gasteiger partial charge in [0.05, 0.1) is 11.3 Å². The predicted octanol–water partition coefficient (Wildman–Crippen LogP) is 1.73.